The van der Waals surface area contributed by atoms with Gasteiger partial charge in [-0.3, -0.25) is 0 Å². The van der Waals surface area contributed by atoms with Crippen LogP contribution in [0.25, 0.3) is 0 Å². The number of hydrogen-bond acceptors (Lipinski definition) is 5. The molecule has 30 heavy (non-hydrogen) atoms. The second-order valence-electron chi connectivity index (χ2n) is 7.87. The summed E-state index contributed by atoms with van der Waals surface area (Å²) in [5.74, 6) is 0.851. The quantitative estimate of drug-likeness (QED) is 0.674. The van der Waals surface area contributed by atoms with Crippen LogP contribution in [0.3, 0.4) is 0 Å². The molecule has 0 spiro atoms. The molecule has 6 nitrogen and oxygen atoms in total. The highest BCUT2D eigenvalue weighted by molar-refractivity contribution is 7.09. The summed E-state index contributed by atoms with van der Waals surface area (Å²) in [6.07, 6.45) is 0.741. The summed E-state index contributed by atoms with van der Waals surface area (Å²) < 4.78 is 4.53. The number of anilines is 2. The molecule has 2 heterocycles. The van der Waals surface area contributed by atoms with Gasteiger partial charge in [-0.2, -0.15) is 4.37 Å². The molecule has 1 fully saturated rings. The predicted octanol–water partition coefficient (Wildman–Crippen LogP) is 4.49. The van der Waals surface area contributed by atoms with Crippen LogP contribution in [-0.2, 0) is 6.42 Å². The number of piperazine rings is 1. The first-order valence-electron chi connectivity index (χ1n) is 10.3. The Labute approximate surface area is 181 Å². The van der Waals surface area contributed by atoms with E-state index in [-0.39, 0.29) is 12.1 Å². The lowest BCUT2D eigenvalue weighted by molar-refractivity contribution is 0.185. The molecule has 0 unspecified atom stereocenters. The standard InChI is InChI=1S/C23H27N5OS/c1-16-9-10-20(13-17(16)2)24-22(29)28-12-11-27(15-18(28)3)23-25-21(26-30-23)14-19-7-5-4-6-8-19/h4-10,13,18H,11-12,14-15H2,1-3H3,(H,24,29)/t18-/m1/s1. The summed E-state index contributed by atoms with van der Waals surface area (Å²) in [7, 11) is 0. The van der Waals surface area contributed by atoms with E-state index < -0.39 is 0 Å². The number of urea groups is 1. The number of hydrogen-bond donors (Lipinski definition) is 1. The van der Waals surface area contributed by atoms with Crippen LogP contribution < -0.4 is 10.2 Å². The van der Waals surface area contributed by atoms with Crippen LogP contribution in [-0.4, -0.2) is 46.0 Å². The van der Waals surface area contributed by atoms with E-state index >= 15 is 0 Å². The van der Waals surface area contributed by atoms with E-state index in [1.807, 2.05) is 41.3 Å². The number of carbonyl (C=O) groups is 1. The van der Waals surface area contributed by atoms with Gasteiger partial charge in [0.1, 0.15) is 5.82 Å². The highest BCUT2D eigenvalue weighted by atomic mass is 32.1. The van der Waals surface area contributed by atoms with Gasteiger partial charge in [-0.15, -0.1) is 0 Å². The number of nitrogens with one attached hydrogen (secondary N) is 1. The summed E-state index contributed by atoms with van der Waals surface area (Å²) in [6.45, 7) is 8.37. The average Bonchev–Trinajstić information content (AvgIpc) is 3.20. The summed E-state index contributed by atoms with van der Waals surface area (Å²) in [5.41, 5.74) is 4.45. The number of carbonyl (C=O) groups excluding carboxylic acids is 1. The van der Waals surface area contributed by atoms with E-state index in [0.717, 1.165) is 36.2 Å². The molecule has 156 valence electrons. The minimum atomic E-state index is -0.0487. The number of benzene rings is 2. The fraction of sp³-hybridized carbons (Fsp3) is 0.348. The van der Waals surface area contributed by atoms with E-state index in [2.05, 4.69) is 47.5 Å². The highest BCUT2D eigenvalue weighted by Crippen LogP contribution is 2.23. The molecule has 0 radical (unpaired) electrons. The SMILES string of the molecule is Cc1ccc(NC(=O)N2CCN(c3nc(Cc4ccccc4)ns3)C[C@H]2C)cc1C. The van der Waals surface area contributed by atoms with Gasteiger partial charge in [0.2, 0.25) is 5.13 Å². The van der Waals surface area contributed by atoms with Crippen molar-refractivity contribution in [2.24, 2.45) is 0 Å². The molecule has 2 aromatic carbocycles. The fourth-order valence-corrected chi connectivity index (χ4v) is 4.39. The Morgan fingerprint density at radius 2 is 1.93 bits per heavy atom. The van der Waals surface area contributed by atoms with Crippen molar-refractivity contribution < 1.29 is 4.79 Å². The third kappa shape index (κ3) is 4.62. The summed E-state index contributed by atoms with van der Waals surface area (Å²) in [4.78, 5) is 21.7. The summed E-state index contributed by atoms with van der Waals surface area (Å²) in [5, 5.41) is 3.97. The zero-order valence-electron chi connectivity index (χ0n) is 17.6. The van der Waals surface area contributed by atoms with Gasteiger partial charge in [-0.05, 0) is 49.6 Å². The number of amides is 2. The van der Waals surface area contributed by atoms with Crippen LogP contribution in [0.4, 0.5) is 15.6 Å². The third-order valence-corrected chi connectivity index (χ3v) is 6.39. The van der Waals surface area contributed by atoms with Crippen LogP contribution in [0.2, 0.25) is 0 Å². The van der Waals surface area contributed by atoms with Gasteiger partial charge >= 0.3 is 6.03 Å². The average molecular weight is 422 g/mol. The Kier molecular flexibility index (Phi) is 5.99. The second kappa shape index (κ2) is 8.83. The van der Waals surface area contributed by atoms with Crippen molar-refractivity contribution in [1.82, 2.24) is 14.3 Å². The van der Waals surface area contributed by atoms with Gasteiger partial charge in [-0.1, -0.05) is 36.4 Å². The predicted molar refractivity (Wildman–Crippen MR) is 122 cm³/mol. The maximum atomic E-state index is 12.8. The molecule has 0 bridgehead atoms. The topological polar surface area (TPSA) is 61.4 Å². The Morgan fingerprint density at radius 3 is 2.67 bits per heavy atom. The van der Waals surface area contributed by atoms with Crippen LogP contribution in [0.1, 0.15) is 29.4 Å². The van der Waals surface area contributed by atoms with Gasteiger partial charge in [0.05, 0.1) is 0 Å². The largest absolute Gasteiger partial charge is 0.343 e. The summed E-state index contributed by atoms with van der Waals surface area (Å²) in [6, 6.07) is 16.3. The Balaban J connectivity index is 1.36. The molecule has 1 N–H and O–H groups in total. The van der Waals surface area contributed by atoms with Crippen LogP contribution in [0, 0.1) is 13.8 Å². The molecule has 3 aromatic rings. The molecule has 1 aromatic heterocycles. The smallest absolute Gasteiger partial charge is 0.322 e. The maximum Gasteiger partial charge on any atom is 0.322 e. The molecule has 7 heteroatoms. The molecule has 4 rings (SSSR count). The van der Waals surface area contributed by atoms with E-state index in [1.165, 1.54) is 28.2 Å². The van der Waals surface area contributed by atoms with Gasteiger partial charge in [0.25, 0.3) is 0 Å². The minimum absolute atomic E-state index is 0.0487. The van der Waals surface area contributed by atoms with E-state index in [0.29, 0.717) is 6.54 Å². The fourth-order valence-electron chi connectivity index (χ4n) is 3.67. The van der Waals surface area contributed by atoms with Crippen molar-refractivity contribution in [3.05, 3.63) is 71.0 Å². The second-order valence-corrected chi connectivity index (χ2v) is 8.60. The maximum absolute atomic E-state index is 12.8. The lowest BCUT2D eigenvalue weighted by Crippen LogP contribution is -2.55. The summed E-state index contributed by atoms with van der Waals surface area (Å²) >= 11 is 1.44. The van der Waals surface area contributed by atoms with Crippen molar-refractivity contribution in [1.29, 1.82) is 0 Å². The molecule has 1 aliphatic rings. The zero-order chi connectivity index (χ0) is 21.1. The highest BCUT2D eigenvalue weighted by Gasteiger charge is 2.29. The first-order chi connectivity index (χ1) is 14.5. The van der Waals surface area contributed by atoms with Gasteiger partial charge in [0.15, 0.2) is 0 Å². The zero-order valence-corrected chi connectivity index (χ0v) is 18.4. The number of rotatable bonds is 4. The molecular weight excluding hydrogens is 394 g/mol. The van der Waals surface area contributed by atoms with Gasteiger partial charge in [-0.25, -0.2) is 9.78 Å². The van der Waals surface area contributed by atoms with Crippen molar-refractivity contribution in [3.63, 3.8) is 0 Å². The molecular formula is C23H27N5OS. The Hall–Kier alpha value is -2.93. The van der Waals surface area contributed by atoms with E-state index in [9.17, 15) is 4.79 Å². The minimum Gasteiger partial charge on any atom is -0.343 e. The van der Waals surface area contributed by atoms with Gasteiger partial charge < -0.3 is 15.1 Å². The lowest BCUT2D eigenvalue weighted by Gasteiger charge is -2.39. The van der Waals surface area contributed by atoms with Crippen LogP contribution in [0.15, 0.2) is 48.5 Å². The van der Waals surface area contributed by atoms with Crippen molar-refractivity contribution in [3.8, 4) is 0 Å². The molecule has 1 aliphatic heterocycles. The first kappa shape index (κ1) is 20.3. The monoisotopic (exact) mass is 421 g/mol. The Morgan fingerprint density at radius 1 is 1.13 bits per heavy atom. The van der Waals surface area contributed by atoms with Crippen molar-refractivity contribution in [2.45, 2.75) is 33.2 Å². The normalized spacial score (nSPS) is 16.6. The molecule has 2 amide bonds. The Bertz CT molecular complexity index is 1020. The third-order valence-electron chi connectivity index (χ3n) is 5.58. The van der Waals surface area contributed by atoms with E-state index in [1.54, 1.807) is 0 Å². The molecule has 0 saturated carbocycles. The first-order valence-corrected chi connectivity index (χ1v) is 11.0. The van der Waals surface area contributed by atoms with E-state index in [4.69, 9.17) is 4.98 Å². The lowest BCUT2D eigenvalue weighted by atomic mass is 10.1. The van der Waals surface area contributed by atoms with Crippen LogP contribution >= 0.6 is 11.5 Å². The molecule has 0 aliphatic carbocycles. The number of aromatic nitrogens is 2. The van der Waals surface area contributed by atoms with Crippen molar-refractivity contribution >= 4 is 28.4 Å². The van der Waals surface area contributed by atoms with Crippen LogP contribution in [0.5, 0.6) is 0 Å². The molecule has 1 saturated heterocycles. The number of nitrogens with zero attached hydrogens (tertiary/aromatic N) is 4. The van der Waals surface area contributed by atoms with Gasteiger partial charge in [0, 0.05) is 49.3 Å². The number of aryl methyl sites for hydroxylation is 2. The van der Waals surface area contributed by atoms with Crippen molar-refractivity contribution in [2.75, 3.05) is 29.9 Å². The molecule has 1 atom stereocenters.